The predicted molar refractivity (Wildman–Crippen MR) is 80.6 cm³/mol. The third-order valence-corrected chi connectivity index (χ3v) is 6.21. The average molecular weight is 313 g/mol. The van der Waals surface area contributed by atoms with Crippen molar-refractivity contribution in [3.05, 3.63) is 23.8 Å². The van der Waals surface area contributed by atoms with Gasteiger partial charge in [-0.3, -0.25) is 0 Å². The summed E-state index contributed by atoms with van der Waals surface area (Å²) in [5, 5.41) is 9.23. The molecule has 6 heteroatoms. The molecule has 118 valence electrons. The summed E-state index contributed by atoms with van der Waals surface area (Å²) >= 11 is 0. The topological polar surface area (TPSA) is 66.8 Å². The summed E-state index contributed by atoms with van der Waals surface area (Å²) in [7, 11) is -2.14. The second-order valence-corrected chi connectivity index (χ2v) is 7.66. The lowest BCUT2D eigenvalue weighted by atomic mass is 9.90. The zero-order chi connectivity index (χ0) is 15.6. The molecule has 1 aliphatic rings. The number of rotatable bonds is 4. The van der Waals surface area contributed by atoms with Crippen LogP contribution >= 0.6 is 0 Å². The third-order valence-electron chi connectivity index (χ3n) is 4.33. The van der Waals surface area contributed by atoms with Gasteiger partial charge in [-0.15, -0.1) is 0 Å². The number of aliphatic hydroxyl groups is 1. The molecule has 5 nitrogen and oxygen atoms in total. The highest BCUT2D eigenvalue weighted by molar-refractivity contribution is 7.89. The fraction of sp³-hybridized carbons (Fsp3) is 0.600. The Bertz CT molecular complexity index is 600. The zero-order valence-electron chi connectivity index (χ0n) is 12.7. The number of methoxy groups -OCH3 is 1. The molecular weight excluding hydrogens is 290 g/mol. The first-order valence-electron chi connectivity index (χ1n) is 7.18. The number of benzene rings is 1. The summed E-state index contributed by atoms with van der Waals surface area (Å²) in [4.78, 5) is 0.137. The monoisotopic (exact) mass is 313 g/mol. The highest BCUT2D eigenvalue weighted by Gasteiger charge is 2.33. The first kappa shape index (κ1) is 16.3. The summed E-state index contributed by atoms with van der Waals surface area (Å²) in [5.41, 5.74) is 0.563. The van der Waals surface area contributed by atoms with Crippen molar-refractivity contribution in [2.75, 3.05) is 20.2 Å². The SMILES string of the molecule is COc1ccc(CO)cc1S(=O)(=O)N1CCC(C)C(C)C1. The van der Waals surface area contributed by atoms with Gasteiger partial charge in [0.1, 0.15) is 10.6 Å². The number of aliphatic hydroxyl groups excluding tert-OH is 1. The van der Waals surface area contributed by atoms with Crippen LogP contribution in [0, 0.1) is 11.8 Å². The van der Waals surface area contributed by atoms with Crippen molar-refractivity contribution in [2.24, 2.45) is 11.8 Å². The first-order valence-corrected chi connectivity index (χ1v) is 8.62. The molecule has 1 heterocycles. The number of hydrogen-bond acceptors (Lipinski definition) is 4. The lowest BCUT2D eigenvalue weighted by Gasteiger charge is -2.34. The van der Waals surface area contributed by atoms with E-state index >= 15 is 0 Å². The van der Waals surface area contributed by atoms with Gasteiger partial charge in [-0.1, -0.05) is 19.9 Å². The Hall–Kier alpha value is -1.11. The molecule has 0 aliphatic carbocycles. The van der Waals surface area contributed by atoms with Gasteiger partial charge in [0.05, 0.1) is 13.7 Å². The lowest BCUT2D eigenvalue weighted by Crippen LogP contribution is -2.42. The molecule has 0 bridgehead atoms. The minimum atomic E-state index is -3.60. The van der Waals surface area contributed by atoms with E-state index in [9.17, 15) is 13.5 Å². The van der Waals surface area contributed by atoms with Gasteiger partial charge in [0.25, 0.3) is 0 Å². The van der Waals surface area contributed by atoms with Gasteiger partial charge in [-0.25, -0.2) is 8.42 Å². The molecule has 0 amide bonds. The van der Waals surface area contributed by atoms with Crippen LogP contribution in [-0.2, 0) is 16.6 Å². The summed E-state index contributed by atoms with van der Waals surface area (Å²) in [6, 6.07) is 4.75. The molecule has 1 aliphatic heterocycles. The Morgan fingerprint density at radius 3 is 2.62 bits per heavy atom. The largest absolute Gasteiger partial charge is 0.495 e. The van der Waals surface area contributed by atoms with Gasteiger partial charge >= 0.3 is 0 Å². The van der Waals surface area contributed by atoms with Crippen LogP contribution in [-0.4, -0.2) is 38.0 Å². The Balaban J connectivity index is 2.39. The van der Waals surface area contributed by atoms with Crippen molar-refractivity contribution < 1.29 is 18.3 Å². The van der Waals surface area contributed by atoms with E-state index in [1.54, 1.807) is 12.1 Å². The first-order chi connectivity index (χ1) is 9.90. The van der Waals surface area contributed by atoms with Gasteiger partial charge in [-0.2, -0.15) is 4.31 Å². The molecule has 1 saturated heterocycles. The van der Waals surface area contributed by atoms with E-state index < -0.39 is 10.0 Å². The number of sulfonamides is 1. The fourth-order valence-corrected chi connectivity index (χ4v) is 4.36. The van der Waals surface area contributed by atoms with E-state index in [1.807, 2.05) is 0 Å². The van der Waals surface area contributed by atoms with E-state index in [1.165, 1.54) is 17.5 Å². The normalized spacial score (nSPS) is 24.0. The molecule has 1 fully saturated rings. The second-order valence-electron chi connectivity index (χ2n) is 5.75. The molecule has 1 N–H and O–H groups in total. The van der Waals surface area contributed by atoms with Crippen LogP contribution in [0.4, 0.5) is 0 Å². The Morgan fingerprint density at radius 1 is 1.33 bits per heavy atom. The summed E-state index contributed by atoms with van der Waals surface area (Å²) in [6.45, 7) is 5.09. The van der Waals surface area contributed by atoms with Crippen LogP contribution in [0.2, 0.25) is 0 Å². The zero-order valence-corrected chi connectivity index (χ0v) is 13.6. The lowest BCUT2D eigenvalue weighted by molar-refractivity contribution is 0.212. The predicted octanol–water partition coefficient (Wildman–Crippen LogP) is 1.85. The fourth-order valence-electron chi connectivity index (χ4n) is 2.60. The number of ether oxygens (including phenoxy) is 1. The van der Waals surface area contributed by atoms with Crippen LogP contribution in [0.15, 0.2) is 23.1 Å². The molecule has 0 aromatic heterocycles. The summed E-state index contributed by atoms with van der Waals surface area (Å²) in [5.74, 6) is 1.18. The van der Waals surface area contributed by atoms with Crippen molar-refractivity contribution in [1.82, 2.24) is 4.31 Å². The number of nitrogens with zero attached hydrogens (tertiary/aromatic N) is 1. The molecule has 1 aromatic rings. The molecule has 0 radical (unpaired) electrons. The van der Waals surface area contributed by atoms with Crippen molar-refractivity contribution in [2.45, 2.75) is 31.8 Å². The van der Waals surface area contributed by atoms with Crippen molar-refractivity contribution in [1.29, 1.82) is 0 Å². The highest BCUT2D eigenvalue weighted by Crippen LogP contribution is 2.32. The molecular formula is C15H23NO4S. The maximum absolute atomic E-state index is 12.9. The van der Waals surface area contributed by atoms with Crippen molar-refractivity contribution in [3.63, 3.8) is 0 Å². The molecule has 0 spiro atoms. The van der Waals surface area contributed by atoms with E-state index in [2.05, 4.69) is 13.8 Å². The maximum atomic E-state index is 12.9. The molecule has 0 saturated carbocycles. The van der Waals surface area contributed by atoms with Gasteiger partial charge in [0.2, 0.25) is 10.0 Å². The van der Waals surface area contributed by atoms with Crippen LogP contribution in [0.3, 0.4) is 0 Å². The molecule has 2 unspecified atom stereocenters. The Labute approximate surface area is 126 Å². The van der Waals surface area contributed by atoms with Crippen LogP contribution < -0.4 is 4.74 Å². The van der Waals surface area contributed by atoms with Crippen LogP contribution in [0.5, 0.6) is 5.75 Å². The minimum Gasteiger partial charge on any atom is -0.495 e. The molecule has 21 heavy (non-hydrogen) atoms. The smallest absolute Gasteiger partial charge is 0.246 e. The Kier molecular flexibility index (Phi) is 4.91. The standard InChI is InChI=1S/C15H23NO4S/c1-11-6-7-16(9-12(11)2)21(18,19)15-8-13(10-17)4-5-14(15)20-3/h4-5,8,11-12,17H,6-7,9-10H2,1-3H3. The number of hydrogen-bond donors (Lipinski definition) is 1. The van der Waals surface area contributed by atoms with Crippen LogP contribution in [0.25, 0.3) is 0 Å². The average Bonchev–Trinajstić information content (AvgIpc) is 2.49. The van der Waals surface area contributed by atoms with Gasteiger partial charge in [0.15, 0.2) is 0 Å². The third kappa shape index (κ3) is 3.22. The minimum absolute atomic E-state index is 0.137. The van der Waals surface area contributed by atoms with Gasteiger partial charge in [-0.05, 0) is 36.0 Å². The van der Waals surface area contributed by atoms with Crippen molar-refractivity contribution in [3.8, 4) is 5.75 Å². The quantitative estimate of drug-likeness (QED) is 0.921. The van der Waals surface area contributed by atoms with Crippen LogP contribution in [0.1, 0.15) is 25.8 Å². The van der Waals surface area contributed by atoms with E-state index in [-0.39, 0.29) is 11.5 Å². The molecule has 2 rings (SSSR count). The summed E-state index contributed by atoms with van der Waals surface area (Å²) < 4.78 is 32.4. The molecule has 1 aromatic carbocycles. The maximum Gasteiger partial charge on any atom is 0.246 e. The van der Waals surface area contributed by atoms with Crippen molar-refractivity contribution >= 4 is 10.0 Å². The van der Waals surface area contributed by atoms with Gasteiger partial charge < -0.3 is 9.84 Å². The van der Waals surface area contributed by atoms with E-state index in [0.29, 0.717) is 36.2 Å². The number of piperidine rings is 1. The molecule has 2 atom stereocenters. The highest BCUT2D eigenvalue weighted by atomic mass is 32.2. The Morgan fingerprint density at radius 2 is 2.05 bits per heavy atom. The van der Waals surface area contributed by atoms with E-state index in [4.69, 9.17) is 4.74 Å². The van der Waals surface area contributed by atoms with E-state index in [0.717, 1.165) is 6.42 Å². The summed E-state index contributed by atoms with van der Waals surface area (Å²) in [6.07, 6.45) is 0.863. The second kappa shape index (κ2) is 6.34. The van der Waals surface area contributed by atoms with Gasteiger partial charge in [0, 0.05) is 13.1 Å².